The number of amides is 1. The van der Waals surface area contributed by atoms with Crippen molar-refractivity contribution in [2.75, 3.05) is 6.54 Å². The Labute approximate surface area is 287 Å². The molecule has 1 amide bonds. The van der Waals surface area contributed by atoms with E-state index in [1.807, 2.05) is 0 Å². The number of ether oxygens (including phenoxy) is 1. The minimum atomic E-state index is -1.01. The summed E-state index contributed by atoms with van der Waals surface area (Å²) in [6.07, 6.45) is 40.3. The molecule has 0 fully saturated rings. The average molecular weight is 659 g/mol. The molecule has 0 spiro atoms. The van der Waals surface area contributed by atoms with Gasteiger partial charge < -0.3 is 20.9 Å². The predicted octanol–water partition coefficient (Wildman–Crippen LogP) is 10.1. The zero-order valence-electron chi connectivity index (χ0n) is 30.1. The summed E-state index contributed by atoms with van der Waals surface area (Å²) in [6.45, 7) is 4.78. The smallest absolute Gasteiger partial charge is 0.326 e. The Kier molecular flexibility index (Phi) is 32.7. The standard InChI is InChI=1S/C40H70N2O5/c1-3-5-7-9-11-13-14-15-16-18-24-28-34-39(44)47-36(30-25-21-17-12-10-8-6-4-2)31-26-22-19-20-23-27-33-38(43)42-37(40(45)46)32-29-35-41/h6,8,11-13,17,25,30,36-37H,3-5,7,9-10,14-16,18-24,26-29,31-35,41H2,1-2H3,(H,42,43)(H,45,46)/b8-6-,13-11-,17-12-,30-25-. The zero-order chi connectivity index (χ0) is 34.6. The monoisotopic (exact) mass is 659 g/mol. The van der Waals surface area contributed by atoms with Gasteiger partial charge in [0.25, 0.3) is 0 Å². The molecule has 47 heavy (non-hydrogen) atoms. The van der Waals surface area contributed by atoms with E-state index in [9.17, 15) is 19.5 Å². The molecule has 4 N–H and O–H groups in total. The summed E-state index contributed by atoms with van der Waals surface area (Å²) in [4.78, 5) is 36.1. The summed E-state index contributed by atoms with van der Waals surface area (Å²) in [6, 6.07) is -0.858. The van der Waals surface area contributed by atoms with Gasteiger partial charge >= 0.3 is 11.9 Å². The number of nitrogens with two attached hydrogens (primary N) is 1. The van der Waals surface area contributed by atoms with E-state index < -0.39 is 12.0 Å². The highest BCUT2D eigenvalue weighted by atomic mass is 16.5. The third-order valence-corrected chi connectivity index (χ3v) is 8.11. The van der Waals surface area contributed by atoms with Gasteiger partial charge in [-0.05, 0) is 96.1 Å². The van der Waals surface area contributed by atoms with Gasteiger partial charge in [0.05, 0.1) is 0 Å². The van der Waals surface area contributed by atoms with E-state index >= 15 is 0 Å². The van der Waals surface area contributed by atoms with Crippen LogP contribution in [0.1, 0.15) is 168 Å². The number of carboxylic acid groups (broad SMARTS) is 1. The van der Waals surface area contributed by atoms with Crippen molar-refractivity contribution in [3.05, 3.63) is 48.6 Å². The second-order valence-corrected chi connectivity index (χ2v) is 12.6. The summed E-state index contributed by atoms with van der Waals surface area (Å²) >= 11 is 0. The van der Waals surface area contributed by atoms with Crippen molar-refractivity contribution in [2.45, 2.75) is 180 Å². The van der Waals surface area contributed by atoms with Crippen LogP contribution in [0.2, 0.25) is 0 Å². The van der Waals surface area contributed by atoms with Gasteiger partial charge in [0.1, 0.15) is 12.1 Å². The van der Waals surface area contributed by atoms with Gasteiger partial charge in [0.2, 0.25) is 5.91 Å². The molecule has 0 heterocycles. The molecule has 0 radical (unpaired) electrons. The molecule has 0 saturated carbocycles. The molecule has 0 aromatic rings. The Morgan fingerprint density at radius 2 is 1.23 bits per heavy atom. The number of carbonyl (C=O) groups excluding carboxylic acids is 2. The fourth-order valence-corrected chi connectivity index (χ4v) is 5.26. The first kappa shape index (κ1) is 44.3. The lowest BCUT2D eigenvalue weighted by molar-refractivity contribution is -0.147. The van der Waals surface area contributed by atoms with Crippen molar-refractivity contribution in [1.82, 2.24) is 5.32 Å². The molecule has 0 aromatic heterocycles. The summed E-state index contributed by atoms with van der Waals surface area (Å²) in [5.41, 5.74) is 5.46. The topological polar surface area (TPSA) is 119 Å². The first-order chi connectivity index (χ1) is 22.9. The summed E-state index contributed by atoms with van der Waals surface area (Å²) in [5.74, 6) is -1.32. The van der Waals surface area contributed by atoms with E-state index in [-0.39, 0.29) is 18.0 Å². The Morgan fingerprint density at radius 3 is 1.87 bits per heavy atom. The van der Waals surface area contributed by atoms with Gasteiger partial charge in [-0.15, -0.1) is 0 Å². The molecule has 2 atom stereocenters. The highest BCUT2D eigenvalue weighted by Gasteiger charge is 2.18. The van der Waals surface area contributed by atoms with E-state index in [1.165, 1.54) is 44.9 Å². The third kappa shape index (κ3) is 31.7. The number of nitrogens with one attached hydrogen (secondary N) is 1. The highest BCUT2D eigenvalue weighted by molar-refractivity contribution is 5.83. The summed E-state index contributed by atoms with van der Waals surface area (Å²) in [5, 5.41) is 11.9. The quantitative estimate of drug-likeness (QED) is 0.0367. The molecule has 0 saturated heterocycles. The lowest BCUT2D eigenvalue weighted by atomic mass is 10.0. The minimum absolute atomic E-state index is 0.0960. The maximum absolute atomic E-state index is 12.6. The van der Waals surface area contributed by atoms with Crippen molar-refractivity contribution in [1.29, 1.82) is 0 Å². The van der Waals surface area contributed by atoms with Crippen LogP contribution in [-0.2, 0) is 19.1 Å². The van der Waals surface area contributed by atoms with Crippen LogP contribution < -0.4 is 11.1 Å². The number of aliphatic carboxylic acids is 1. The predicted molar refractivity (Wildman–Crippen MR) is 197 cm³/mol. The molecular weight excluding hydrogens is 588 g/mol. The van der Waals surface area contributed by atoms with E-state index in [1.54, 1.807) is 0 Å². The minimum Gasteiger partial charge on any atom is -0.480 e. The van der Waals surface area contributed by atoms with Crippen molar-refractivity contribution in [2.24, 2.45) is 5.73 Å². The van der Waals surface area contributed by atoms with Crippen molar-refractivity contribution in [3.8, 4) is 0 Å². The van der Waals surface area contributed by atoms with E-state index in [4.69, 9.17) is 10.5 Å². The Bertz CT molecular complexity index is 880. The van der Waals surface area contributed by atoms with Crippen molar-refractivity contribution in [3.63, 3.8) is 0 Å². The van der Waals surface area contributed by atoms with Crippen LogP contribution in [0.4, 0.5) is 0 Å². The molecule has 7 heteroatoms. The number of allylic oxidation sites excluding steroid dienone is 7. The average Bonchev–Trinajstić information content (AvgIpc) is 3.05. The fraction of sp³-hybridized carbons (Fsp3) is 0.725. The van der Waals surface area contributed by atoms with Crippen LogP contribution in [0.3, 0.4) is 0 Å². The lowest BCUT2D eigenvalue weighted by Crippen LogP contribution is -2.40. The number of hydrogen-bond donors (Lipinski definition) is 3. The Hall–Kier alpha value is -2.67. The number of unbranched alkanes of at least 4 members (excludes halogenated alkanes) is 13. The second-order valence-electron chi connectivity index (χ2n) is 12.6. The van der Waals surface area contributed by atoms with Gasteiger partial charge in [0.15, 0.2) is 0 Å². The van der Waals surface area contributed by atoms with E-state index in [0.717, 1.165) is 83.5 Å². The van der Waals surface area contributed by atoms with Crippen LogP contribution in [0.5, 0.6) is 0 Å². The maximum Gasteiger partial charge on any atom is 0.326 e. The first-order valence-electron chi connectivity index (χ1n) is 19.0. The number of carbonyl (C=O) groups is 3. The molecule has 0 aromatic carbocycles. The lowest BCUT2D eigenvalue weighted by Gasteiger charge is -2.15. The molecule has 0 bridgehead atoms. The second kappa shape index (κ2) is 34.7. The molecule has 2 unspecified atom stereocenters. The fourth-order valence-electron chi connectivity index (χ4n) is 5.26. The molecular formula is C40H70N2O5. The largest absolute Gasteiger partial charge is 0.480 e. The van der Waals surface area contributed by atoms with Crippen molar-refractivity contribution >= 4 is 17.8 Å². The van der Waals surface area contributed by atoms with Crippen LogP contribution >= 0.6 is 0 Å². The normalized spacial score (nSPS) is 13.3. The number of carboxylic acids is 1. The third-order valence-electron chi connectivity index (χ3n) is 8.11. The number of esters is 1. The number of rotatable bonds is 33. The van der Waals surface area contributed by atoms with Gasteiger partial charge in [-0.3, -0.25) is 9.59 Å². The SMILES string of the molecule is CC/C=C\C/C=C\C/C=C\C(CCCCCCCCC(=O)NC(CCCN)C(=O)O)OC(=O)CCCCCCC/C=C\CCCCC. The molecule has 0 rings (SSSR count). The van der Waals surface area contributed by atoms with Gasteiger partial charge in [-0.2, -0.15) is 0 Å². The summed E-state index contributed by atoms with van der Waals surface area (Å²) in [7, 11) is 0. The first-order valence-corrected chi connectivity index (χ1v) is 19.0. The van der Waals surface area contributed by atoms with Gasteiger partial charge in [-0.25, -0.2) is 4.79 Å². The Morgan fingerprint density at radius 1 is 0.660 bits per heavy atom. The molecule has 0 aliphatic carbocycles. The zero-order valence-corrected chi connectivity index (χ0v) is 30.1. The van der Waals surface area contributed by atoms with E-state index in [2.05, 4.69) is 67.8 Å². The van der Waals surface area contributed by atoms with Gasteiger partial charge in [0, 0.05) is 12.8 Å². The maximum atomic E-state index is 12.6. The van der Waals surface area contributed by atoms with Crippen LogP contribution in [0, 0.1) is 0 Å². The molecule has 270 valence electrons. The van der Waals surface area contributed by atoms with Crippen LogP contribution in [-0.4, -0.2) is 41.6 Å². The highest BCUT2D eigenvalue weighted by Crippen LogP contribution is 2.15. The Balaban J connectivity index is 4.35. The van der Waals surface area contributed by atoms with Gasteiger partial charge in [-0.1, -0.05) is 114 Å². The molecule has 0 aliphatic rings. The van der Waals surface area contributed by atoms with Crippen molar-refractivity contribution < 1.29 is 24.2 Å². The van der Waals surface area contributed by atoms with E-state index in [0.29, 0.717) is 32.2 Å². The number of hydrogen-bond acceptors (Lipinski definition) is 5. The van der Waals surface area contributed by atoms with Crippen LogP contribution in [0.15, 0.2) is 48.6 Å². The summed E-state index contributed by atoms with van der Waals surface area (Å²) < 4.78 is 5.89. The van der Waals surface area contributed by atoms with Crippen LogP contribution in [0.25, 0.3) is 0 Å². The molecule has 0 aliphatic heterocycles. The molecule has 7 nitrogen and oxygen atoms in total.